The van der Waals surface area contributed by atoms with Crippen LogP contribution in [0.3, 0.4) is 0 Å². The van der Waals surface area contributed by atoms with Crippen molar-refractivity contribution in [1.29, 1.82) is 0 Å². The van der Waals surface area contributed by atoms with Crippen molar-refractivity contribution >= 4 is 5.97 Å². The maximum atomic E-state index is 10.2. The van der Waals surface area contributed by atoms with E-state index in [2.05, 4.69) is 6.58 Å². The van der Waals surface area contributed by atoms with Crippen LogP contribution in [0, 0.1) is 0 Å². The van der Waals surface area contributed by atoms with Crippen molar-refractivity contribution < 1.29 is 15.0 Å². The van der Waals surface area contributed by atoms with E-state index in [1.807, 2.05) is 6.08 Å². The van der Waals surface area contributed by atoms with E-state index in [4.69, 9.17) is 5.11 Å². The fourth-order valence-corrected chi connectivity index (χ4v) is 1.15. The van der Waals surface area contributed by atoms with Crippen LogP contribution < -0.4 is 0 Å². The standard InChI is InChI=1S/C10H18O3/c1-2-3-4-5-6-7-9(11)8-10(12)13/h2,9,11H,1,3-8H2,(H,12,13). The molecule has 0 fully saturated rings. The lowest BCUT2D eigenvalue weighted by Crippen LogP contribution is -2.12. The number of carboxylic acids is 1. The molecule has 2 N–H and O–H groups in total. The van der Waals surface area contributed by atoms with Crippen molar-refractivity contribution in [2.24, 2.45) is 0 Å². The van der Waals surface area contributed by atoms with Gasteiger partial charge >= 0.3 is 5.97 Å². The van der Waals surface area contributed by atoms with Crippen molar-refractivity contribution in [3.8, 4) is 0 Å². The van der Waals surface area contributed by atoms with Crippen molar-refractivity contribution in [2.45, 2.75) is 44.6 Å². The quantitative estimate of drug-likeness (QED) is 0.450. The smallest absolute Gasteiger partial charge is 0.305 e. The van der Waals surface area contributed by atoms with E-state index in [0.29, 0.717) is 6.42 Å². The Bertz CT molecular complexity index is 154. The Morgan fingerprint density at radius 3 is 2.62 bits per heavy atom. The van der Waals surface area contributed by atoms with Crippen LogP contribution in [0.4, 0.5) is 0 Å². The molecule has 0 amide bonds. The molecule has 0 aliphatic carbocycles. The van der Waals surface area contributed by atoms with E-state index in [0.717, 1.165) is 25.7 Å². The monoisotopic (exact) mass is 186 g/mol. The molecule has 0 saturated carbocycles. The molecule has 76 valence electrons. The highest BCUT2D eigenvalue weighted by molar-refractivity contribution is 5.67. The Labute approximate surface area is 79.1 Å². The maximum Gasteiger partial charge on any atom is 0.305 e. The summed E-state index contributed by atoms with van der Waals surface area (Å²) in [4.78, 5) is 10.2. The number of carboxylic acid groups (broad SMARTS) is 1. The van der Waals surface area contributed by atoms with Crippen molar-refractivity contribution in [1.82, 2.24) is 0 Å². The van der Waals surface area contributed by atoms with Gasteiger partial charge in [0.05, 0.1) is 12.5 Å². The number of hydrogen-bond donors (Lipinski definition) is 2. The zero-order chi connectivity index (χ0) is 10.1. The van der Waals surface area contributed by atoms with Gasteiger partial charge in [0.15, 0.2) is 0 Å². The maximum absolute atomic E-state index is 10.2. The normalized spacial score (nSPS) is 12.4. The number of unbranched alkanes of at least 4 members (excludes halogenated alkanes) is 3. The molecule has 0 aromatic heterocycles. The van der Waals surface area contributed by atoms with Gasteiger partial charge in [-0.3, -0.25) is 4.79 Å². The largest absolute Gasteiger partial charge is 0.481 e. The van der Waals surface area contributed by atoms with Gasteiger partial charge in [0.2, 0.25) is 0 Å². The topological polar surface area (TPSA) is 57.5 Å². The Morgan fingerprint density at radius 1 is 1.38 bits per heavy atom. The van der Waals surface area contributed by atoms with Gasteiger partial charge in [-0.05, 0) is 19.3 Å². The minimum Gasteiger partial charge on any atom is -0.481 e. The molecule has 0 saturated heterocycles. The van der Waals surface area contributed by atoms with Crippen LogP contribution in [0.5, 0.6) is 0 Å². The molecule has 0 heterocycles. The molecule has 0 aromatic carbocycles. The summed E-state index contributed by atoms with van der Waals surface area (Å²) in [5.41, 5.74) is 0. The average Bonchev–Trinajstić information content (AvgIpc) is 2.02. The molecule has 0 aliphatic heterocycles. The first-order valence-electron chi connectivity index (χ1n) is 4.67. The van der Waals surface area contributed by atoms with E-state index in [1.165, 1.54) is 0 Å². The summed E-state index contributed by atoms with van der Waals surface area (Å²) >= 11 is 0. The number of rotatable bonds is 8. The Hall–Kier alpha value is -0.830. The second-order valence-corrected chi connectivity index (χ2v) is 3.18. The molecule has 3 heteroatoms. The zero-order valence-corrected chi connectivity index (χ0v) is 7.91. The number of hydrogen-bond acceptors (Lipinski definition) is 2. The summed E-state index contributed by atoms with van der Waals surface area (Å²) < 4.78 is 0. The Kier molecular flexibility index (Phi) is 7.30. The molecule has 13 heavy (non-hydrogen) atoms. The Morgan fingerprint density at radius 2 is 2.08 bits per heavy atom. The summed E-state index contributed by atoms with van der Waals surface area (Å²) in [5, 5.41) is 17.5. The summed E-state index contributed by atoms with van der Waals surface area (Å²) in [7, 11) is 0. The third-order valence-corrected chi connectivity index (χ3v) is 1.86. The van der Waals surface area contributed by atoms with E-state index in [1.54, 1.807) is 0 Å². The first-order chi connectivity index (χ1) is 6.16. The summed E-state index contributed by atoms with van der Waals surface area (Å²) in [6.07, 6.45) is 5.63. The molecule has 0 bridgehead atoms. The van der Waals surface area contributed by atoms with Crippen molar-refractivity contribution in [3.05, 3.63) is 12.7 Å². The fourth-order valence-electron chi connectivity index (χ4n) is 1.15. The number of carbonyl (C=O) groups is 1. The highest BCUT2D eigenvalue weighted by Crippen LogP contribution is 2.07. The number of aliphatic hydroxyl groups is 1. The van der Waals surface area contributed by atoms with Gasteiger partial charge in [-0.2, -0.15) is 0 Å². The first-order valence-corrected chi connectivity index (χ1v) is 4.67. The van der Waals surface area contributed by atoms with Crippen LogP contribution >= 0.6 is 0 Å². The van der Waals surface area contributed by atoms with Crippen LogP contribution in [0.1, 0.15) is 38.5 Å². The lowest BCUT2D eigenvalue weighted by molar-refractivity contribution is -0.139. The zero-order valence-electron chi connectivity index (χ0n) is 7.91. The van der Waals surface area contributed by atoms with Gasteiger partial charge in [-0.1, -0.05) is 18.9 Å². The lowest BCUT2D eigenvalue weighted by Gasteiger charge is -2.06. The predicted molar refractivity (Wildman–Crippen MR) is 51.5 cm³/mol. The van der Waals surface area contributed by atoms with Gasteiger partial charge in [0.25, 0.3) is 0 Å². The van der Waals surface area contributed by atoms with E-state index in [-0.39, 0.29) is 6.42 Å². The minimum atomic E-state index is -0.932. The lowest BCUT2D eigenvalue weighted by atomic mass is 10.1. The average molecular weight is 186 g/mol. The predicted octanol–water partition coefficient (Wildman–Crippen LogP) is 1.96. The Balaban J connectivity index is 3.21. The van der Waals surface area contributed by atoms with Gasteiger partial charge in [0, 0.05) is 0 Å². The second-order valence-electron chi connectivity index (χ2n) is 3.18. The second kappa shape index (κ2) is 7.80. The number of aliphatic carboxylic acids is 1. The number of aliphatic hydroxyl groups excluding tert-OH is 1. The fraction of sp³-hybridized carbons (Fsp3) is 0.700. The first kappa shape index (κ1) is 12.2. The molecule has 1 atom stereocenters. The molecule has 0 radical (unpaired) electrons. The highest BCUT2D eigenvalue weighted by atomic mass is 16.4. The summed E-state index contributed by atoms with van der Waals surface area (Å²) in [6.45, 7) is 3.61. The van der Waals surface area contributed by atoms with Gasteiger partial charge in [-0.25, -0.2) is 0 Å². The molecule has 0 rings (SSSR count). The van der Waals surface area contributed by atoms with Crippen molar-refractivity contribution in [3.63, 3.8) is 0 Å². The summed E-state index contributed by atoms with van der Waals surface area (Å²) in [6, 6.07) is 0. The SMILES string of the molecule is C=CCCCCCC(O)CC(=O)O. The highest BCUT2D eigenvalue weighted by Gasteiger charge is 2.07. The minimum absolute atomic E-state index is 0.137. The van der Waals surface area contributed by atoms with Gasteiger partial charge in [-0.15, -0.1) is 6.58 Å². The number of allylic oxidation sites excluding steroid dienone is 1. The molecular formula is C10H18O3. The van der Waals surface area contributed by atoms with Crippen LogP contribution in [0.15, 0.2) is 12.7 Å². The third kappa shape index (κ3) is 9.08. The molecule has 0 spiro atoms. The third-order valence-electron chi connectivity index (χ3n) is 1.86. The molecular weight excluding hydrogens is 168 g/mol. The summed E-state index contributed by atoms with van der Waals surface area (Å²) in [5.74, 6) is -0.932. The van der Waals surface area contributed by atoms with Crippen LogP contribution in [-0.4, -0.2) is 22.3 Å². The molecule has 3 nitrogen and oxygen atoms in total. The van der Waals surface area contributed by atoms with Crippen molar-refractivity contribution in [2.75, 3.05) is 0 Å². The van der Waals surface area contributed by atoms with Gasteiger partial charge in [0.1, 0.15) is 0 Å². The van der Waals surface area contributed by atoms with Crippen LogP contribution in [-0.2, 0) is 4.79 Å². The van der Waals surface area contributed by atoms with E-state index in [9.17, 15) is 9.90 Å². The molecule has 0 aliphatic rings. The molecule has 0 aromatic rings. The molecule has 1 unspecified atom stereocenters. The van der Waals surface area contributed by atoms with E-state index < -0.39 is 12.1 Å². The van der Waals surface area contributed by atoms with Crippen LogP contribution in [0.25, 0.3) is 0 Å². The van der Waals surface area contributed by atoms with Crippen LogP contribution in [0.2, 0.25) is 0 Å². The van der Waals surface area contributed by atoms with Gasteiger partial charge < -0.3 is 10.2 Å². The van der Waals surface area contributed by atoms with E-state index >= 15 is 0 Å².